The molecular weight excluding hydrogens is 248 g/mol. The van der Waals surface area contributed by atoms with Crippen molar-refractivity contribution >= 4 is 29.1 Å². The van der Waals surface area contributed by atoms with Crippen molar-refractivity contribution in [3.05, 3.63) is 0 Å². The van der Waals surface area contributed by atoms with E-state index < -0.39 is 0 Å². The Kier molecular flexibility index (Phi) is 8.02. The molecule has 4 heteroatoms. The summed E-state index contributed by atoms with van der Waals surface area (Å²) in [5.41, 5.74) is 0. The molecule has 0 radical (unpaired) electrons. The first-order chi connectivity index (χ1) is 8.22. The van der Waals surface area contributed by atoms with Gasteiger partial charge in [0.15, 0.2) is 5.11 Å². The Morgan fingerprint density at radius 3 is 2.71 bits per heavy atom. The van der Waals surface area contributed by atoms with Crippen LogP contribution in [0.2, 0.25) is 0 Å². The van der Waals surface area contributed by atoms with Crippen LogP contribution in [-0.4, -0.2) is 28.7 Å². The molecule has 1 fully saturated rings. The third-order valence-corrected chi connectivity index (χ3v) is 4.39. The normalized spacial score (nSPS) is 18.7. The Labute approximate surface area is 116 Å². The lowest BCUT2D eigenvalue weighted by Gasteiger charge is -2.25. The first kappa shape index (κ1) is 15.1. The molecule has 0 aromatic rings. The van der Waals surface area contributed by atoms with Crippen molar-refractivity contribution in [1.82, 2.24) is 10.6 Å². The Morgan fingerprint density at radius 1 is 1.35 bits per heavy atom. The number of hydrogen-bond donors (Lipinski definition) is 2. The molecule has 100 valence electrons. The summed E-state index contributed by atoms with van der Waals surface area (Å²) in [6.45, 7) is 4.42. The van der Waals surface area contributed by atoms with Crippen molar-refractivity contribution < 1.29 is 0 Å². The molecule has 0 bridgehead atoms. The number of hydrogen-bond acceptors (Lipinski definition) is 2. The molecule has 1 atom stereocenters. The van der Waals surface area contributed by atoms with E-state index in [1.807, 2.05) is 11.8 Å². The summed E-state index contributed by atoms with van der Waals surface area (Å²) in [5.74, 6) is 2.42. The molecular formula is C13H26N2S2. The van der Waals surface area contributed by atoms with E-state index in [2.05, 4.69) is 24.5 Å². The average molecular weight is 274 g/mol. The predicted molar refractivity (Wildman–Crippen MR) is 82.8 cm³/mol. The summed E-state index contributed by atoms with van der Waals surface area (Å²) >= 11 is 7.36. The molecule has 0 saturated heterocycles. The summed E-state index contributed by atoms with van der Waals surface area (Å²) < 4.78 is 0. The number of thiocarbonyl (C=S) groups is 1. The van der Waals surface area contributed by atoms with Gasteiger partial charge in [-0.15, -0.1) is 0 Å². The van der Waals surface area contributed by atoms with Crippen LogP contribution in [0.5, 0.6) is 0 Å². The average Bonchev–Trinajstić information content (AvgIpc) is 2.30. The lowest BCUT2D eigenvalue weighted by atomic mass is 9.96. The Morgan fingerprint density at radius 2 is 2.06 bits per heavy atom. The maximum absolute atomic E-state index is 5.36. The number of nitrogens with one attached hydrogen (secondary N) is 2. The van der Waals surface area contributed by atoms with Crippen LogP contribution >= 0.6 is 24.0 Å². The molecule has 0 aliphatic heterocycles. The third-order valence-electron chi connectivity index (χ3n) is 3.22. The Hall–Kier alpha value is 0.0400. The van der Waals surface area contributed by atoms with Crippen LogP contribution in [0.15, 0.2) is 0 Å². The predicted octanol–water partition coefficient (Wildman–Crippen LogP) is 3.31. The van der Waals surface area contributed by atoms with Crippen LogP contribution in [0.4, 0.5) is 0 Å². The highest BCUT2D eigenvalue weighted by molar-refractivity contribution is 7.99. The summed E-state index contributed by atoms with van der Waals surface area (Å²) in [7, 11) is 0. The van der Waals surface area contributed by atoms with E-state index in [0.717, 1.165) is 5.11 Å². The second-order valence-corrected chi connectivity index (χ2v) is 6.64. The quantitative estimate of drug-likeness (QED) is 0.573. The zero-order valence-corrected chi connectivity index (χ0v) is 12.8. The minimum atomic E-state index is 0.484. The van der Waals surface area contributed by atoms with Gasteiger partial charge in [-0.2, -0.15) is 11.8 Å². The molecule has 1 unspecified atom stereocenters. The van der Waals surface area contributed by atoms with Gasteiger partial charge in [0.25, 0.3) is 0 Å². The summed E-state index contributed by atoms with van der Waals surface area (Å²) in [5, 5.41) is 7.70. The van der Waals surface area contributed by atoms with Gasteiger partial charge >= 0.3 is 0 Å². The standard InChI is InChI=1S/C13H26N2S2/c1-3-17-10-9-11(2)14-13(16)15-12-7-5-4-6-8-12/h11-12H,3-10H2,1-2H3,(H2,14,15,16). The first-order valence-electron chi connectivity index (χ1n) is 6.87. The van der Waals surface area contributed by atoms with Crippen molar-refractivity contribution in [2.45, 2.75) is 64.5 Å². The van der Waals surface area contributed by atoms with Gasteiger partial charge in [-0.05, 0) is 49.9 Å². The van der Waals surface area contributed by atoms with Crippen LogP contribution < -0.4 is 10.6 Å². The molecule has 0 heterocycles. The minimum absolute atomic E-state index is 0.484. The van der Waals surface area contributed by atoms with E-state index in [9.17, 15) is 0 Å². The maximum Gasteiger partial charge on any atom is 0.166 e. The second kappa shape index (κ2) is 9.03. The van der Waals surface area contributed by atoms with Gasteiger partial charge in [0.1, 0.15) is 0 Å². The first-order valence-corrected chi connectivity index (χ1v) is 8.43. The number of rotatable bonds is 6. The van der Waals surface area contributed by atoms with Crippen molar-refractivity contribution in [2.75, 3.05) is 11.5 Å². The minimum Gasteiger partial charge on any atom is -0.360 e. The van der Waals surface area contributed by atoms with Gasteiger partial charge in [-0.3, -0.25) is 0 Å². The van der Waals surface area contributed by atoms with Gasteiger partial charge in [-0.25, -0.2) is 0 Å². The van der Waals surface area contributed by atoms with Gasteiger partial charge in [0.05, 0.1) is 0 Å². The second-order valence-electron chi connectivity index (χ2n) is 4.84. The fraction of sp³-hybridized carbons (Fsp3) is 0.923. The van der Waals surface area contributed by atoms with Crippen molar-refractivity contribution in [2.24, 2.45) is 0 Å². The Balaban J connectivity index is 2.10. The summed E-state index contributed by atoms with van der Waals surface area (Å²) in [4.78, 5) is 0. The summed E-state index contributed by atoms with van der Waals surface area (Å²) in [6.07, 6.45) is 7.84. The van der Waals surface area contributed by atoms with Crippen LogP contribution in [0.1, 0.15) is 52.4 Å². The van der Waals surface area contributed by atoms with Gasteiger partial charge < -0.3 is 10.6 Å². The highest BCUT2D eigenvalue weighted by Gasteiger charge is 2.14. The smallest absolute Gasteiger partial charge is 0.166 e. The maximum atomic E-state index is 5.36. The van der Waals surface area contributed by atoms with Crippen molar-refractivity contribution in [3.8, 4) is 0 Å². The molecule has 0 aromatic carbocycles. The molecule has 0 spiro atoms. The molecule has 2 N–H and O–H groups in total. The Bertz CT molecular complexity index is 215. The molecule has 2 nitrogen and oxygen atoms in total. The van der Waals surface area contributed by atoms with Crippen LogP contribution in [0.25, 0.3) is 0 Å². The molecule has 0 aromatic heterocycles. The zero-order valence-electron chi connectivity index (χ0n) is 11.1. The van der Waals surface area contributed by atoms with Crippen LogP contribution in [-0.2, 0) is 0 Å². The van der Waals surface area contributed by atoms with Gasteiger partial charge in [-0.1, -0.05) is 26.2 Å². The van der Waals surface area contributed by atoms with Crippen molar-refractivity contribution in [3.63, 3.8) is 0 Å². The molecule has 0 amide bonds. The summed E-state index contributed by atoms with van der Waals surface area (Å²) in [6, 6.07) is 1.10. The molecule has 17 heavy (non-hydrogen) atoms. The topological polar surface area (TPSA) is 24.1 Å². The SMILES string of the molecule is CCSCCC(C)NC(=S)NC1CCCCC1. The fourth-order valence-corrected chi connectivity index (χ4v) is 3.35. The lowest BCUT2D eigenvalue weighted by molar-refractivity contribution is 0.410. The highest BCUT2D eigenvalue weighted by atomic mass is 32.2. The van der Waals surface area contributed by atoms with E-state index in [1.54, 1.807) is 0 Å². The number of thioether (sulfide) groups is 1. The third kappa shape index (κ3) is 7.14. The zero-order chi connectivity index (χ0) is 12.5. The molecule has 1 saturated carbocycles. The monoisotopic (exact) mass is 274 g/mol. The van der Waals surface area contributed by atoms with Crippen molar-refractivity contribution in [1.29, 1.82) is 0 Å². The van der Waals surface area contributed by atoms with Crippen LogP contribution in [0, 0.1) is 0 Å². The van der Waals surface area contributed by atoms with Gasteiger partial charge in [0.2, 0.25) is 0 Å². The largest absolute Gasteiger partial charge is 0.360 e. The highest BCUT2D eigenvalue weighted by Crippen LogP contribution is 2.17. The molecule has 1 aliphatic rings. The molecule has 1 rings (SSSR count). The van der Waals surface area contributed by atoms with Crippen LogP contribution in [0.3, 0.4) is 0 Å². The van der Waals surface area contributed by atoms with E-state index in [4.69, 9.17) is 12.2 Å². The van der Waals surface area contributed by atoms with E-state index in [1.165, 1.54) is 50.0 Å². The fourth-order valence-electron chi connectivity index (χ4n) is 2.17. The van der Waals surface area contributed by atoms with E-state index in [-0.39, 0.29) is 0 Å². The van der Waals surface area contributed by atoms with Gasteiger partial charge in [0, 0.05) is 12.1 Å². The molecule has 1 aliphatic carbocycles. The lowest BCUT2D eigenvalue weighted by Crippen LogP contribution is -2.45. The van der Waals surface area contributed by atoms with E-state index in [0.29, 0.717) is 12.1 Å². The van der Waals surface area contributed by atoms with E-state index >= 15 is 0 Å².